The number of hydrogen-bond acceptors (Lipinski definition) is 3. The van der Waals surface area contributed by atoms with Crippen LogP contribution in [0.3, 0.4) is 0 Å². The maximum absolute atomic E-state index is 13.5. The van der Waals surface area contributed by atoms with Crippen LogP contribution >= 0.6 is 0 Å². The van der Waals surface area contributed by atoms with Gasteiger partial charge in [-0.05, 0) is 37.6 Å². The lowest BCUT2D eigenvalue weighted by molar-refractivity contribution is 0.193. The van der Waals surface area contributed by atoms with Gasteiger partial charge in [-0.2, -0.15) is 0 Å². The number of nitrogens with one attached hydrogen (secondary N) is 1. The van der Waals surface area contributed by atoms with E-state index in [0.717, 1.165) is 25.1 Å². The predicted octanol–water partition coefficient (Wildman–Crippen LogP) is 2.52. The van der Waals surface area contributed by atoms with E-state index in [1.807, 2.05) is 13.0 Å². The van der Waals surface area contributed by atoms with Crippen molar-refractivity contribution in [3.05, 3.63) is 29.6 Å². The van der Waals surface area contributed by atoms with Crippen LogP contribution in [0.5, 0.6) is 5.75 Å². The molecule has 1 aromatic rings. The Kier molecular flexibility index (Phi) is 5.94. The molecule has 1 rings (SSSR count). The minimum absolute atomic E-state index is 0.118. The van der Waals surface area contributed by atoms with Crippen molar-refractivity contribution >= 4 is 0 Å². The largest absolute Gasteiger partial charge is 0.494 e. The summed E-state index contributed by atoms with van der Waals surface area (Å²) in [6, 6.07) is 5.15. The van der Waals surface area contributed by atoms with Crippen molar-refractivity contribution in [2.45, 2.75) is 19.4 Å². The Labute approximate surface area is 102 Å². The van der Waals surface area contributed by atoms with Gasteiger partial charge in [0.2, 0.25) is 0 Å². The summed E-state index contributed by atoms with van der Waals surface area (Å²) in [5, 5.41) is 3.31. The molecule has 1 N–H and O–H groups in total. The zero-order valence-corrected chi connectivity index (χ0v) is 10.6. The first-order valence-corrected chi connectivity index (χ1v) is 5.74. The van der Waals surface area contributed by atoms with Crippen molar-refractivity contribution < 1.29 is 13.9 Å². The minimum atomic E-state index is -0.324. The SMILES string of the molecule is COCCCN[C@@H](C)c1ccc(OC)c(F)c1. The van der Waals surface area contributed by atoms with Crippen LogP contribution < -0.4 is 10.1 Å². The molecule has 0 aliphatic rings. The zero-order chi connectivity index (χ0) is 12.7. The lowest BCUT2D eigenvalue weighted by Gasteiger charge is -2.15. The third-order valence-corrected chi connectivity index (χ3v) is 2.65. The zero-order valence-electron chi connectivity index (χ0n) is 10.6. The molecule has 0 aromatic heterocycles. The maximum atomic E-state index is 13.5. The first-order chi connectivity index (χ1) is 8.19. The Morgan fingerprint density at radius 3 is 2.71 bits per heavy atom. The summed E-state index contributed by atoms with van der Waals surface area (Å²) in [4.78, 5) is 0. The summed E-state index contributed by atoms with van der Waals surface area (Å²) in [6.45, 7) is 3.59. The highest BCUT2D eigenvalue weighted by Crippen LogP contribution is 2.21. The van der Waals surface area contributed by atoms with Gasteiger partial charge in [0.25, 0.3) is 0 Å². The Bertz CT molecular complexity index is 344. The summed E-state index contributed by atoms with van der Waals surface area (Å²) >= 11 is 0. The second-order valence-corrected chi connectivity index (χ2v) is 3.92. The van der Waals surface area contributed by atoms with E-state index in [1.165, 1.54) is 13.2 Å². The number of benzene rings is 1. The normalized spacial score (nSPS) is 12.5. The van der Waals surface area contributed by atoms with E-state index in [0.29, 0.717) is 0 Å². The molecule has 0 heterocycles. The van der Waals surface area contributed by atoms with Gasteiger partial charge in [-0.15, -0.1) is 0 Å². The van der Waals surface area contributed by atoms with Crippen LogP contribution in [0.2, 0.25) is 0 Å². The first-order valence-electron chi connectivity index (χ1n) is 5.74. The lowest BCUT2D eigenvalue weighted by atomic mass is 10.1. The molecule has 0 bridgehead atoms. The molecule has 0 fully saturated rings. The van der Waals surface area contributed by atoms with Crippen LogP contribution in [0.1, 0.15) is 24.9 Å². The molecule has 1 atom stereocenters. The van der Waals surface area contributed by atoms with Gasteiger partial charge in [-0.25, -0.2) is 4.39 Å². The van der Waals surface area contributed by atoms with E-state index < -0.39 is 0 Å². The third kappa shape index (κ3) is 4.32. The van der Waals surface area contributed by atoms with Gasteiger partial charge in [0, 0.05) is 19.8 Å². The molecule has 4 heteroatoms. The van der Waals surface area contributed by atoms with Gasteiger partial charge >= 0.3 is 0 Å². The highest BCUT2D eigenvalue weighted by molar-refractivity contribution is 5.30. The molecule has 17 heavy (non-hydrogen) atoms. The van der Waals surface area contributed by atoms with Crippen LogP contribution in [0.4, 0.5) is 4.39 Å². The molecule has 96 valence electrons. The number of ether oxygens (including phenoxy) is 2. The van der Waals surface area contributed by atoms with Gasteiger partial charge in [0.1, 0.15) is 0 Å². The molecule has 0 aliphatic carbocycles. The number of hydrogen-bond donors (Lipinski definition) is 1. The molecule has 0 amide bonds. The van der Waals surface area contributed by atoms with Gasteiger partial charge in [0.05, 0.1) is 7.11 Å². The van der Waals surface area contributed by atoms with Crippen molar-refractivity contribution in [1.29, 1.82) is 0 Å². The highest BCUT2D eigenvalue weighted by Gasteiger charge is 2.08. The second kappa shape index (κ2) is 7.25. The smallest absolute Gasteiger partial charge is 0.165 e. The summed E-state index contributed by atoms with van der Waals surface area (Å²) in [5.41, 5.74) is 0.917. The molecule has 0 saturated carbocycles. The fourth-order valence-electron chi connectivity index (χ4n) is 1.60. The van der Waals surface area contributed by atoms with Crippen LogP contribution in [0.15, 0.2) is 18.2 Å². The molecular weight excluding hydrogens is 221 g/mol. The fourth-order valence-corrected chi connectivity index (χ4v) is 1.60. The van der Waals surface area contributed by atoms with Crippen LogP contribution in [-0.4, -0.2) is 27.4 Å². The maximum Gasteiger partial charge on any atom is 0.165 e. The predicted molar refractivity (Wildman–Crippen MR) is 65.9 cm³/mol. The van der Waals surface area contributed by atoms with Crippen LogP contribution in [-0.2, 0) is 4.74 Å². The summed E-state index contributed by atoms with van der Waals surface area (Å²) < 4.78 is 23.3. The molecule has 0 unspecified atom stereocenters. The minimum Gasteiger partial charge on any atom is -0.494 e. The van der Waals surface area contributed by atoms with E-state index in [9.17, 15) is 4.39 Å². The molecule has 0 radical (unpaired) electrons. The first kappa shape index (κ1) is 13.9. The van der Waals surface area contributed by atoms with Gasteiger partial charge < -0.3 is 14.8 Å². The highest BCUT2D eigenvalue weighted by atomic mass is 19.1. The van der Waals surface area contributed by atoms with Crippen LogP contribution in [0.25, 0.3) is 0 Å². The van der Waals surface area contributed by atoms with E-state index in [2.05, 4.69) is 5.32 Å². The van der Waals surface area contributed by atoms with E-state index in [4.69, 9.17) is 9.47 Å². The van der Waals surface area contributed by atoms with Gasteiger partial charge in [0.15, 0.2) is 11.6 Å². The quantitative estimate of drug-likeness (QED) is 0.744. The van der Waals surface area contributed by atoms with Crippen molar-refractivity contribution in [1.82, 2.24) is 5.32 Å². The van der Waals surface area contributed by atoms with Crippen molar-refractivity contribution in [2.24, 2.45) is 0 Å². The van der Waals surface area contributed by atoms with Crippen molar-refractivity contribution in [3.8, 4) is 5.75 Å². The van der Waals surface area contributed by atoms with Crippen LogP contribution in [0, 0.1) is 5.82 Å². The number of methoxy groups -OCH3 is 2. The fraction of sp³-hybridized carbons (Fsp3) is 0.538. The Balaban J connectivity index is 2.51. The van der Waals surface area contributed by atoms with Gasteiger partial charge in [-0.3, -0.25) is 0 Å². The Hall–Kier alpha value is -1.13. The van der Waals surface area contributed by atoms with Gasteiger partial charge in [-0.1, -0.05) is 6.07 Å². The van der Waals surface area contributed by atoms with E-state index in [1.54, 1.807) is 13.2 Å². The standard InChI is InChI=1S/C13H20FNO2/c1-10(15-7-4-8-16-2)11-5-6-13(17-3)12(14)9-11/h5-6,9-10,15H,4,7-8H2,1-3H3/t10-/m0/s1. The van der Waals surface area contributed by atoms with E-state index in [-0.39, 0.29) is 17.6 Å². The number of halogens is 1. The van der Waals surface area contributed by atoms with Crippen molar-refractivity contribution in [3.63, 3.8) is 0 Å². The molecular formula is C13H20FNO2. The number of rotatable bonds is 7. The lowest BCUT2D eigenvalue weighted by Crippen LogP contribution is -2.20. The van der Waals surface area contributed by atoms with Crippen molar-refractivity contribution in [2.75, 3.05) is 27.4 Å². The molecule has 0 spiro atoms. The summed E-state index contributed by atoms with van der Waals surface area (Å²) in [5.74, 6) is -0.0455. The topological polar surface area (TPSA) is 30.5 Å². The Morgan fingerprint density at radius 2 is 2.12 bits per heavy atom. The molecule has 1 aromatic carbocycles. The molecule has 0 aliphatic heterocycles. The average molecular weight is 241 g/mol. The third-order valence-electron chi connectivity index (χ3n) is 2.65. The average Bonchev–Trinajstić information content (AvgIpc) is 2.34. The summed E-state index contributed by atoms with van der Waals surface area (Å²) in [7, 11) is 3.15. The van der Waals surface area contributed by atoms with E-state index >= 15 is 0 Å². The monoisotopic (exact) mass is 241 g/mol. The molecule has 0 saturated heterocycles. The Morgan fingerprint density at radius 1 is 1.35 bits per heavy atom. The second-order valence-electron chi connectivity index (χ2n) is 3.92. The molecule has 3 nitrogen and oxygen atoms in total. The summed E-state index contributed by atoms with van der Waals surface area (Å²) in [6.07, 6.45) is 0.944.